The summed E-state index contributed by atoms with van der Waals surface area (Å²) in [6.07, 6.45) is 0. The van der Waals surface area contributed by atoms with Gasteiger partial charge in [0.1, 0.15) is 29.7 Å². The molecule has 1 amide bonds. The molecule has 0 bridgehead atoms. The molecule has 1 aromatic heterocycles. The summed E-state index contributed by atoms with van der Waals surface area (Å²) in [5, 5.41) is 11.7. The third-order valence-electron chi connectivity index (χ3n) is 4.38. The maximum atomic E-state index is 13.3. The van der Waals surface area contributed by atoms with Gasteiger partial charge in [-0.2, -0.15) is 0 Å². The van der Waals surface area contributed by atoms with Crippen LogP contribution < -0.4 is 19.5 Å². The first-order chi connectivity index (χ1) is 15.4. The number of hydrogen-bond donors (Lipinski definition) is 1. The second kappa shape index (κ2) is 11.1. The maximum absolute atomic E-state index is 13.3. The molecule has 0 radical (unpaired) electrons. The van der Waals surface area contributed by atoms with Gasteiger partial charge in [-0.15, -0.1) is 10.2 Å². The minimum Gasteiger partial charge on any atom is -0.497 e. The van der Waals surface area contributed by atoms with Crippen LogP contribution in [0.4, 0.5) is 10.1 Å². The van der Waals surface area contributed by atoms with Crippen LogP contribution in [-0.4, -0.2) is 40.6 Å². The molecule has 0 aliphatic rings. The topological polar surface area (TPSA) is 87.5 Å². The standard InChI is InChI=1S/C21H22ClFN4O4S/c1-4-27-19(11-31-14-5-7-16(23)15(22)9-14)25-26-21(27)32-12-20(28)24-17-10-13(29-2)6-8-18(17)30-3/h5-10H,4,11-12H2,1-3H3,(H,24,28). The molecule has 1 heterocycles. The Kier molecular flexibility index (Phi) is 8.18. The average Bonchev–Trinajstić information content (AvgIpc) is 3.20. The quantitative estimate of drug-likeness (QED) is 0.430. The van der Waals surface area contributed by atoms with E-state index in [1.807, 2.05) is 11.5 Å². The van der Waals surface area contributed by atoms with Crippen molar-refractivity contribution in [1.82, 2.24) is 14.8 Å². The summed E-state index contributed by atoms with van der Waals surface area (Å²) in [7, 11) is 3.08. The molecule has 0 aliphatic heterocycles. The van der Waals surface area contributed by atoms with E-state index >= 15 is 0 Å². The normalized spacial score (nSPS) is 10.7. The third kappa shape index (κ3) is 5.83. The van der Waals surface area contributed by atoms with Gasteiger partial charge in [0.2, 0.25) is 5.91 Å². The Labute approximate surface area is 194 Å². The summed E-state index contributed by atoms with van der Waals surface area (Å²) in [5.74, 6) is 1.50. The first-order valence-electron chi connectivity index (χ1n) is 9.59. The van der Waals surface area contributed by atoms with Gasteiger partial charge < -0.3 is 24.1 Å². The molecule has 0 aliphatic carbocycles. The van der Waals surface area contributed by atoms with Crippen molar-refractivity contribution >= 4 is 35.0 Å². The molecule has 0 spiro atoms. The number of nitrogens with zero attached hydrogens (tertiary/aromatic N) is 3. The van der Waals surface area contributed by atoms with E-state index in [1.54, 1.807) is 25.3 Å². The van der Waals surface area contributed by atoms with Crippen molar-refractivity contribution in [2.45, 2.75) is 25.2 Å². The number of benzene rings is 2. The molecular formula is C21H22ClFN4O4S. The second-order valence-corrected chi connectivity index (χ2v) is 7.76. The molecule has 8 nitrogen and oxygen atoms in total. The first kappa shape index (κ1) is 23.7. The van der Waals surface area contributed by atoms with Crippen LogP contribution in [0.3, 0.4) is 0 Å². The van der Waals surface area contributed by atoms with E-state index < -0.39 is 5.82 Å². The van der Waals surface area contributed by atoms with E-state index in [0.717, 1.165) is 0 Å². The highest BCUT2D eigenvalue weighted by Gasteiger charge is 2.15. The molecule has 3 rings (SSSR count). The van der Waals surface area contributed by atoms with Crippen molar-refractivity contribution in [3.63, 3.8) is 0 Å². The second-order valence-electron chi connectivity index (χ2n) is 6.41. The van der Waals surface area contributed by atoms with Crippen molar-refractivity contribution < 1.29 is 23.4 Å². The van der Waals surface area contributed by atoms with Gasteiger partial charge in [-0.3, -0.25) is 4.79 Å². The monoisotopic (exact) mass is 480 g/mol. The smallest absolute Gasteiger partial charge is 0.234 e. The lowest BCUT2D eigenvalue weighted by Crippen LogP contribution is -2.15. The predicted molar refractivity (Wildman–Crippen MR) is 120 cm³/mol. The highest BCUT2D eigenvalue weighted by molar-refractivity contribution is 7.99. The maximum Gasteiger partial charge on any atom is 0.234 e. The number of nitrogens with one attached hydrogen (secondary N) is 1. The fraction of sp³-hybridized carbons (Fsp3) is 0.286. The van der Waals surface area contributed by atoms with Crippen molar-refractivity contribution in [3.05, 3.63) is 53.1 Å². The Balaban J connectivity index is 1.61. The van der Waals surface area contributed by atoms with Gasteiger partial charge in [-0.1, -0.05) is 23.4 Å². The minimum absolute atomic E-state index is 0.0191. The number of carbonyl (C=O) groups excluding carboxylic acids is 1. The van der Waals surface area contributed by atoms with Crippen LogP contribution in [0.5, 0.6) is 17.2 Å². The molecule has 0 unspecified atom stereocenters. The lowest BCUT2D eigenvalue weighted by molar-refractivity contribution is -0.113. The molecule has 11 heteroatoms. The Morgan fingerprint density at radius 3 is 2.62 bits per heavy atom. The summed E-state index contributed by atoms with van der Waals surface area (Å²) < 4.78 is 31.3. The van der Waals surface area contributed by atoms with Crippen LogP contribution in [-0.2, 0) is 17.9 Å². The Hall–Kier alpha value is -2.98. The first-order valence-corrected chi connectivity index (χ1v) is 11.0. The highest BCUT2D eigenvalue weighted by Crippen LogP contribution is 2.29. The number of hydrogen-bond acceptors (Lipinski definition) is 7. The predicted octanol–water partition coefficient (Wildman–Crippen LogP) is 4.42. The Morgan fingerprint density at radius 1 is 1.16 bits per heavy atom. The molecule has 32 heavy (non-hydrogen) atoms. The number of anilines is 1. The number of rotatable bonds is 10. The molecule has 2 aromatic carbocycles. The Bertz CT molecular complexity index is 1100. The van der Waals surface area contributed by atoms with Gasteiger partial charge in [0.05, 0.1) is 30.7 Å². The van der Waals surface area contributed by atoms with Crippen molar-refractivity contribution in [1.29, 1.82) is 0 Å². The Morgan fingerprint density at radius 2 is 1.94 bits per heavy atom. The van der Waals surface area contributed by atoms with Gasteiger partial charge in [0, 0.05) is 18.7 Å². The lowest BCUT2D eigenvalue weighted by Gasteiger charge is -2.12. The van der Waals surface area contributed by atoms with E-state index in [2.05, 4.69) is 15.5 Å². The van der Waals surface area contributed by atoms with Gasteiger partial charge in [0.15, 0.2) is 11.0 Å². The number of methoxy groups -OCH3 is 2. The number of thioether (sulfide) groups is 1. The summed E-state index contributed by atoms with van der Waals surface area (Å²) in [5.41, 5.74) is 0.515. The summed E-state index contributed by atoms with van der Waals surface area (Å²) in [6, 6.07) is 9.27. The van der Waals surface area contributed by atoms with Crippen molar-refractivity contribution in [2.24, 2.45) is 0 Å². The van der Waals surface area contributed by atoms with Crippen molar-refractivity contribution in [2.75, 3.05) is 25.3 Å². The zero-order chi connectivity index (χ0) is 23.1. The van der Waals surface area contributed by atoms with E-state index in [1.165, 1.54) is 37.1 Å². The molecule has 0 fully saturated rings. The molecule has 0 saturated heterocycles. The van der Waals surface area contributed by atoms with E-state index in [4.69, 9.17) is 25.8 Å². The highest BCUT2D eigenvalue weighted by atomic mass is 35.5. The molecule has 170 valence electrons. The molecule has 0 atom stereocenters. The van der Waals surface area contributed by atoms with Gasteiger partial charge in [-0.25, -0.2) is 4.39 Å². The summed E-state index contributed by atoms with van der Waals surface area (Å²) in [4.78, 5) is 12.5. The molecular weight excluding hydrogens is 459 g/mol. The number of carbonyl (C=O) groups is 1. The zero-order valence-corrected chi connectivity index (χ0v) is 19.3. The minimum atomic E-state index is -0.515. The van der Waals surface area contributed by atoms with Crippen LogP contribution in [0.25, 0.3) is 0 Å². The third-order valence-corrected chi connectivity index (χ3v) is 5.64. The summed E-state index contributed by atoms with van der Waals surface area (Å²) in [6.45, 7) is 2.65. The molecule has 1 N–H and O–H groups in total. The average molecular weight is 481 g/mol. The van der Waals surface area contributed by atoms with Crippen LogP contribution in [0, 0.1) is 5.82 Å². The van der Waals surface area contributed by atoms with Gasteiger partial charge in [0.25, 0.3) is 0 Å². The van der Waals surface area contributed by atoms with E-state index in [9.17, 15) is 9.18 Å². The van der Waals surface area contributed by atoms with Crippen LogP contribution in [0.1, 0.15) is 12.7 Å². The SMILES string of the molecule is CCn1c(COc2ccc(F)c(Cl)c2)nnc1SCC(=O)Nc1cc(OC)ccc1OC. The van der Waals surface area contributed by atoms with Gasteiger partial charge in [-0.05, 0) is 31.2 Å². The van der Waals surface area contributed by atoms with Gasteiger partial charge >= 0.3 is 0 Å². The zero-order valence-electron chi connectivity index (χ0n) is 17.7. The largest absolute Gasteiger partial charge is 0.497 e. The fourth-order valence-electron chi connectivity index (χ4n) is 2.79. The van der Waals surface area contributed by atoms with E-state index in [-0.39, 0.29) is 23.3 Å². The van der Waals surface area contributed by atoms with E-state index in [0.29, 0.717) is 40.5 Å². The number of halogens is 2. The number of aromatic nitrogens is 3. The molecule has 3 aromatic rings. The fourth-order valence-corrected chi connectivity index (χ4v) is 3.78. The number of ether oxygens (including phenoxy) is 3. The van der Waals surface area contributed by atoms with Crippen LogP contribution in [0.15, 0.2) is 41.6 Å². The lowest BCUT2D eigenvalue weighted by atomic mass is 10.2. The summed E-state index contributed by atoms with van der Waals surface area (Å²) >= 11 is 7.03. The van der Waals surface area contributed by atoms with Crippen LogP contribution in [0.2, 0.25) is 5.02 Å². The number of amides is 1. The van der Waals surface area contributed by atoms with Crippen molar-refractivity contribution in [3.8, 4) is 17.2 Å². The van der Waals surface area contributed by atoms with Crippen LogP contribution >= 0.6 is 23.4 Å². The molecule has 0 saturated carbocycles.